The number of hydrogen-bond acceptors (Lipinski definition) is 4. The smallest absolute Gasteiger partial charge is 0.412 e. The maximum absolute atomic E-state index is 11.3. The SMILES string of the molecule is CC[N+](C)(CC)CC.COP(=O)([O-])OCC(F)(F)F. The molecule has 0 radical (unpaired) electrons. The van der Waals surface area contributed by atoms with Crippen molar-refractivity contribution in [1.82, 2.24) is 0 Å². The van der Waals surface area contributed by atoms with E-state index in [4.69, 9.17) is 0 Å². The van der Waals surface area contributed by atoms with Crippen LogP contribution in [0.4, 0.5) is 13.2 Å². The number of alkyl halides is 3. The predicted molar refractivity (Wildman–Crippen MR) is 64.4 cm³/mol. The van der Waals surface area contributed by atoms with E-state index in [1.807, 2.05) is 0 Å². The van der Waals surface area contributed by atoms with Gasteiger partial charge in [-0.15, -0.1) is 0 Å². The second-order valence-corrected chi connectivity index (χ2v) is 5.60. The van der Waals surface area contributed by atoms with Crippen LogP contribution in [-0.4, -0.2) is 51.1 Å². The maximum Gasteiger partial charge on any atom is 0.412 e. The lowest BCUT2D eigenvalue weighted by molar-refractivity contribution is -0.904. The molecule has 0 heterocycles. The van der Waals surface area contributed by atoms with Crippen molar-refractivity contribution >= 4 is 7.82 Å². The zero-order chi connectivity index (χ0) is 15.7. The minimum Gasteiger partial charge on any atom is -0.756 e. The van der Waals surface area contributed by atoms with Crippen LogP contribution in [0.2, 0.25) is 0 Å². The van der Waals surface area contributed by atoms with Crippen molar-refractivity contribution in [3.05, 3.63) is 0 Å². The van der Waals surface area contributed by atoms with Crippen molar-refractivity contribution in [2.75, 3.05) is 40.4 Å². The van der Waals surface area contributed by atoms with Crippen LogP contribution in [0.15, 0.2) is 0 Å². The fourth-order valence-corrected chi connectivity index (χ4v) is 1.29. The van der Waals surface area contributed by atoms with E-state index in [1.165, 1.54) is 24.1 Å². The average Bonchev–Trinajstić information content (AvgIpc) is 2.36. The largest absolute Gasteiger partial charge is 0.756 e. The Morgan fingerprint density at radius 1 is 1.16 bits per heavy atom. The Bertz CT molecular complexity index is 274. The van der Waals surface area contributed by atoms with Gasteiger partial charge in [0.05, 0.1) is 26.7 Å². The van der Waals surface area contributed by atoms with Crippen LogP contribution in [0.5, 0.6) is 0 Å². The number of halogens is 3. The molecule has 0 fully saturated rings. The molecule has 1 unspecified atom stereocenters. The highest BCUT2D eigenvalue weighted by Gasteiger charge is 2.29. The molecule has 0 aromatic carbocycles. The maximum atomic E-state index is 11.3. The zero-order valence-electron chi connectivity index (χ0n) is 12.0. The lowest BCUT2D eigenvalue weighted by atomic mass is 10.4. The van der Waals surface area contributed by atoms with Gasteiger partial charge in [0, 0.05) is 7.11 Å². The molecule has 1 atom stereocenters. The summed E-state index contributed by atoms with van der Waals surface area (Å²) in [5, 5.41) is 0. The molecule has 0 saturated heterocycles. The summed E-state index contributed by atoms with van der Waals surface area (Å²) in [6.45, 7) is 8.64. The van der Waals surface area contributed by atoms with Crippen LogP contribution in [0, 0.1) is 0 Å². The molecule has 0 rings (SSSR count). The first kappa shape index (κ1) is 21.2. The Labute approximate surface area is 112 Å². The molecule has 0 bridgehead atoms. The fourth-order valence-electron chi connectivity index (χ4n) is 0.876. The highest BCUT2D eigenvalue weighted by atomic mass is 31.2. The monoisotopic (exact) mass is 309 g/mol. The van der Waals surface area contributed by atoms with Gasteiger partial charge >= 0.3 is 6.18 Å². The van der Waals surface area contributed by atoms with E-state index in [1.54, 1.807) is 0 Å². The minimum atomic E-state index is -4.74. The standard InChI is InChI=1S/C7H18N.C3H6F3O4P/c1-5-8(4,6-2)7-3;1-9-11(7,8)10-2-3(4,5)6/h5-7H2,1-4H3;2H2,1H3,(H,7,8)/q+1;/p-1. The second-order valence-electron chi connectivity index (χ2n) is 4.09. The van der Waals surface area contributed by atoms with E-state index >= 15 is 0 Å². The van der Waals surface area contributed by atoms with Crippen LogP contribution in [0.3, 0.4) is 0 Å². The van der Waals surface area contributed by atoms with E-state index in [9.17, 15) is 22.6 Å². The Morgan fingerprint density at radius 2 is 1.53 bits per heavy atom. The fraction of sp³-hybridized carbons (Fsp3) is 1.00. The van der Waals surface area contributed by atoms with Gasteiger partial charge in [0.25, 0.3) is 7.82 Å². The third-order valence-electron chi connectivity index (χ3n) is 2.90. The molecule has 118 valence electrons. The van der Waals surface area contributed by atoms with Crippen LogP contribution in [-0.2, 0) is 13.6 Å². The molecule has 19 heavy (non-hydrogen) atoms. The normalized spacial score (nSPS) is 15.4. The minimum absolute atomic E-state index is 0.712. The van der Waals surface area contributed by atoms with E-state index in [0.717, 1.165) is 0 Å². The summed E-state index contributed by atoms with van der Waals surface area (Å²) in [5.74, 6) is 0. The molecule has 0 aliphatic rings. The van der Waals surface area contributed by atoms with Gasteiger partial charge in [-0.05, 0) is 20.8 Å². The van der Waals surface area contributed by atoms with Crippen molar-refractivity contribution < 1.29 is 36.2 Å². The van der Waals surface area contributed by atoms with Gasteiger partial charge in [-0.25, -0.2) is 0 Å². The summed E-state index contributed by atoms with van der Waals surface area (Å²) in [5.41, 5.74) is 0. The number of phosphoric acid groups is 1. The molecule has 9 heteroatoms. The van der Waals surface area contributed by atoms with Crippen LogP contribution in [0.25, 0.3) is 0 Å². The molecule has 0 N–H and O–H groups in total. The van der Waals surface area contributed by atoms with E-state index in [0.29, 0.717) is 7.11 Å². The summed E-state index contributed by atoms with van der Waals surface area (Å²) in [6, 6.07) is 0. The quantitative estimate of drug-likeness (QED) is 0.557. The summed E-state index contributed by atoms with van der Waals surface area (Å²) in [7, 11) is -1.74. The molecular formula is C10H23F3NO4P. The average molecular weight is 309 g/mol. The van der Waals surface area contributed by atoms with E-state index in [-0.39, 0.29) is 0 Å². The van der Waals surface area contributed by atoms with Crippen LogP contribution < -0.4 is 4.89 Å². The van der Waals surface area contributed by atoms with Gasteiger partial charge in [-0.3, -0.25) is 4.57 Å². The number of rotatable bonds is 6. The molecular weight excluding hydrogens is 286 g/mol. The summed E-state index contributed by atoms with van der Waals surface area (Å²) < 4.78 is 52.2. The Morgan fingerprint density at radius 3 is 1.68 bits per heavy atom. The predicted octanol–water partition coefficient (Wildman–Crippen LogP) is 2.17. The highest BCUT2D eigenvalue weighted by Crippen LogP contribution is 2.38. The second kappa shape index (κ2) is 8.92. The third-order valence-corrected chi connectivity index (χ3v) is 3.79. The van der Waals surface area contributed by atoms with Crippen molar-refractivity contribution in [2.45, 2.75) is 26.9 Å². The molecule has 0 aliphatic heterocycles. The van der Waals surface area contributed by atoms with Crippen molar-refractivity contribution in [2.24, 2.45) is 0 Å². The topological polar surface area (TPSA) is 58.6 Å². The zero-order valence-corrected chi connectivity index (χ0v) is 12.9. The Kier molecular flexibility index (Phi) is 9.93. The number of quaternary nitrogens is 1. The molecule has 0 amide bonds. The first-order valence-electron chi connectivity index (χ1n) is 5.86. The molecule has 0 aromatic rings. The Hall–Kier alpha value is -0.140. The summed E-state index contributed by atoms with van der Waals surface area (Å²) in [6.07, 6.45) is -4.67. The lowest BCUT2D eigenvalue weighted by Crippen LogP contribution is -2.42. The number of nitrogens with zero attached hydrogens (tertiary/aromatic N) is 1. The third kappa shape index (κ3) is 12.6. The van der Waals surface area contributed by atoms with E-state index < -0.39 is 20.6 Å². The van der Waals surface area contributed by atoms with E-state index in [2.05, 4.69) is 36.9 Å². The van der Waals surface area contributed by atoms with Gasteiger partial charge in [0.2, 0.25) is 0 Å². The van der Waals surface area contributed by atoms with Gasteiger partial charge in [-0.2, -0.15) is 13.2 Å². The number of phosphoric ester groups is 1. The van der Waals surface area contributed by atoms with Gasteiger partial charge in [0.1, 0.15) is 0 Å². The first-order chi connectivity index (χ1) is 8.45. The number of hydrogen-bond donors (Lipinski definition) is 0. The highest BCUT2D eigenvalue weighted by molar-refractivity contribution is 7.45. The van der Waals surface area contributed by atoms with Gasteiger partial charge < -0.3 is 18.4 Å². The summed E-state index contributed by atoms with van der Waals surface area (Å²) in [4.78, 5) is 10.1. The lowest BCUT2D eigenvalue weighted by Gasteiger charge is -2.30. The van der Waals surface area contributed by atoms with Crippen molar-refractivity contribution in [3.63, 3.8) is 0 Å². The Balaban J connectivity index is 0. The van der Waals surface area contributed by atoms with Crippen molar-refractivity contribution in [1.29, 1.82) is 0 Å². The molecule has 5 nitrogen and oxygen atoms in total. The van der Waals surface area contributed by atoms with Crippen LogP contribution in [0.1, 0.15) is 20.8 Å². The summed E-state index contributed by atoms with van der Waals surface area (Å²) >= 11 is 0. The van der Waals surface area contributed by atoms with Gasteiger partial charge in [0.15, 0.2) is 6.61 Å². The van der Waals surface area contributed by atoms with Gasteiger partial charge in [-0.1, -0.05) is 0 Å². The molecule has 0 aromatic heterocycles. The first-order valence-corrected chi connectivity index (χ1v) is 7.33. The van der Waals surface area contributed by atoms with Crippen molar-refractivity contribution in [3.8, 4) is 0 Å². The molecule has 0 saturated carbocycles. The molecule has 0 spiro atoms. The van der Waals surface area contributed by atoms with Crippen LogP contribution >= 0.6 is 7.82 Å². The molecule has 0 aliphatic carbocycles.